The van der Waals surface area contributed by atoms with Crippen LogP contribution in [0.15, 0.2) is 60.1 Å². The fourth-order valence-electron chi connectivity index (χ4n) is 4.47. The van der Waals surface area contributed by atoms with Gasteiger partial charge in [-0.05, 0) is 65.9 Å². The van der Waals surface area contributed by atoms with Gasteiger partial charge in [0.05, 0.1) is 11.3 Å². The van der Waals surface area contributed by atoms with Gasteiger partial charge >= 0.3 is 0 Å². The number of nitrogens with one attached hydrogen (secondary N) is 2. The van der Waals surface area contributed by atoms with Crippen molar-refractivity contribution < 1.29 is 9.59 Å². The predicted octanol–water partition coefficient (Wildman–Crippen LogP) is 5.30. The normalized spacial score (nSPS) is 13.2. The molecule has 4 aromatic rings. The largest absolute Gasteiger partial charge is 0.380 e. The van der Waals surface area contributed by atoms with Crippen LogP contribution in [0.4, 0.5) is 17.2 Å². The van der Waals surface area contributed by atoms with Gasteiger partial charge in [-0.3, -0.25) is 9.59 Å². The summed E-state index contributed by atoms with van der Waals surface area (Å²) in [6.45, 7) is 4.14. The number of carbonyl (C=O) groups excluding carboxylic acids is 2. The van der Waals surface area contributed by atoms with Gasteiger partial charge in [0.1, 0.15) is 5.82 Å². The third kappa shape index (κ3) is 4.83. The molecule has 8 heteroatoms. The summed E-state index contributed by atoms with van der Waals surface area (Å²) in [5.74, 6) is 0.120. The molecule has 2 aromatic carbocycles. The van der Waals surface area contributed by atoms with Crippen molar-refractivity contribution in [3.8, 4) is 0 Å². The Balaban J connectivity index is 1.35. The van der Waals surface area contributed by atoms with E-state index in [1.54, 1.807) is 17.4 Å². The summed E-state index contributed by atoms with van der Waals surface area (Å²) < 4.78 is 1.21. The van der Waals surface area contributed by atoms with Crippen molar-refractivity contribution in [1.82, 2.24) is 9.88 Å². The predicted molar refractivity (Wildman–Crippen MR) is 142 cm³/mol. The minimum Gasteiger partial charge on any atom is -0.380 e. The lowest BCUT2D eigenvalue weighted by molar-refractivity contribution is 0.0792. The Labute approximate surface area is 208 Å². The summed E-state index contributed by atoms with van der Waals surface area (Å²) in [5.41, 5.74) is 10.1. The zero-order valence-corrected chi connectivity index (χ0v) is 20.3. The van der Waals surface area contributed by atoms with Crippen LogP contribution in [0.2, 0.25) is 0 Å². The quantitative estimate of drug-likeness (QED) is 0.330. The number of likely N-dealkylation sites (tertiary alicyclic amines) is 1. The lowest BCUT2D eigenvalue weighted by Gasteiger charge is -2.17. The molecule has 35 heavy (non-hydrogen) atoms. The van der Waals surface area contributed by atoms with Crippen LogP contribution in [-0.2, 0) is 6.54 Å². The molecule has 1 aliphatic heterocycles. The second kappa shape index (κ2) is 9.76. The molecule has 1 aliphatic rings. The monoisotopic (exact) mass is 485 g/mol. The Morgan fingerprint density at radius 2 is 1.91 bits per heavy atom. The highest BCUT2D eigenvalue weighted by Crippen LogP contribution is 2.28. The van der Waals surface area contributed by atoms with Crippen LogP contribution in [0.3, 0.4) is 0 Å². The van der Waals surface area contributed by atoms with Gasteiger partial charge in [-0.2, -0.15) is 0 Å². The molecule has 0 atom stereocenters. The Morgan fingerprint density at radius 1 is 1.09 bits per heavy atom. The lowest BCUT2D eigenvalue weighted by Crippen LogP contribution is -2.28. The average molecular weight is 486 g/mol. The molecule has 1 fully saturated rings. The molecule has 0 saturated carbocycles. The highest BCUT2D eigenvalue weighted by Gasteiger charge is 2.21. The van der Waals surface area contributed by atoms with Crippen LogP contribution < -0.4 is 16.4 Å². The minimum atomic E-state index is -0.540. The van der Waals surface area contributed by atoms with Crippen LogP contribution in [0, 0.1) is 6.92 Å². The van der Waals surface area contributed by atoms with E-state index in [0.717, 1.165) is 48.3 Å². The molecule has 5 rings (SSSR count). The van der Waals surface area contributed by atoms with E-state index in [4.69, 9.17) is 5.73 Å². The van der Waals surface area contributed by atoms with E-state index in [2.05, 4.69) is 39.2 Å². The van der Waals surface area contributed by atoms with Gasteiger partial charge in [-0.25, -0.2) is 4.98 Å². The molecule has 0 radical (unpaired) electrons. The number of rotatable bonds is 7. The van der Waals surface area contributed by atoms with Crippen molar-refractivity contribution in [2.75, 3.05) is 23.7 Å². The van der Waals surface area contributed by atoms with Crippen molar-refractivity contribution >= 4 is 50.4 Å². The summed E-state index contributed by atoms with van der Waals surface area (Å²) in [6.07, 6.45) is 3.61. The topological polar surface area (TPSA) is 100 Å². The zero-order valence-electron chi connectivity index (χ0n) is 19.5. The van der Waals surface area contributed by atoms with Gasteiger partial charge in [0, 0.05) is 47.8 Å². The molecular weight excluding hydrogens is 458 g/mol. The van der Waals surface area contributed by atoms with E-state index in [-0.39, 0.29) is 5.91 Å². The number of hydrogen-bond donors (Lipinski definition) is 3. The Kier molecular flexibility index (Phi) is 6.37. The van der Waals surface area contributed by atoms with Crippen molar-refractivity contribution in [1.29, 1.82) is 0 Å². The maximum Gasteiger partial charge on any atom is 0.254 e. The number of aryl methyl sites for hydroxylation is 1. The fraction of sp³-hybridized carbons (Fsp3) is 0.222. The van der Waals surface area contributed by atoms with Crippen molar-refractivity contribution in [3.05, 3.63) is 82.4 Å². The SMILES string of the molecule is Cc1cc(Nc2cc(NCc3cccc4ccsc34)c(C(N)=O)cn2)ccc1C(=O)N1CCCC1. The zero-order chi connectivity index (χ0) is 24.4. The highest BCUT2D eigenvalue weighted by molar-refractivity contribution is 7.17. The van der Waals surface area contributed by atoms with Crippen LogP contribution in [0.25, 0.3) is 10.1 Å². The van der Waals surface area contributed by atoms with Gasteiger partial charge in [0.25, 0.3) is 11.8 Å². The molecule has 3 heterocycles. The molecule has 7 nitrogen and oxygen atoms in total. The number of hydrogen-bond acceptors (Lipinski definition) is 6. The minimum absolute atomic E-state index is 0.0859. The Morgan fingerprint density at radius 3 is 2.69 bits per heavy atom. The van der Waals surface area contributed by atoms with Gasteiger partial charge < -0.3 is 21.3 Å². The molecule has 0 aliphatic carbocycles. The first-order valence-corrected chi connectivity index (χ1v) is 12.5. The van der Waals surface area contributed by atoms with Crippen LogP contribution >= 0.6 is 11.3 Å². The number of nitrogens with zero attached hydrogens (tertiary/aromatic N) is 2. The smallest absolute Gasteiger partial charge is 0.254 e. The van der Waals surface area contributed by atoms with Crippen molar-refractivity contribution in [3.63, 3.8) is 0 Å². The number of fused-ring (bicyclic) bond motifs is 1. The maximum absolute atomic E-state index is 12.8. The van der Waals surface area contributed by atoms with Gasteiger partial charge in [0.2, 0.25) is 0 Å². The van der Waals surface area contributed by atoms with Crippen LogP contribution in [0.5, 0.6) is 0 Å². The number of thiophene rings is 1. The molecule has 0 spiro atoms. The van der Waals surface area contributed by atoms with Gasteiger partial charge in [-0.1, -0.05) is 18.2 Å². The molecule has 2 amide bonds. The molecule has 2 aromatic heterocycles. The van der Waals surface area contributed by atoms with Gasteiger partial charge in [0.15, 0.2) is 0 Å². The van der Waals surface area contributed by atoms with E-state index in [1.165, 1.54) is 16.3 Å². The number of anilines is 3. The maximum atomic E-state index is 12.8. The summed E-state index contributed by atoms with van der Waals surface area (Å²) in [5, 5.41) is 9.92. The Bertz CT molecular complexity index is 1410. The number of aromatic nitrogens is 1. The molecule has 0 bridgehead atoms. The van der Waals surface area contributed by atoms with Gasteiger partial charge in [-0.15, -0.1) is 11.3 Å². The first-order chi connectivity index (χ1) is 17.0. The average Bonchev–Trinajstić information content (AvgIpc) is 3.55. The first kappa shape index (κ1) is 22.9. The summed E-state index contributed by atoms with van der Waals surface area (Å²) in [6, 6.07) is 15.8. The molecule has 1 saturated heterocycles. The molecule has 178 valence electrons. The van der Waals surface area contributed by atoms with Crippen LogP contribution in [-0.4, -0.2) is 34.8 Å². The highest BCUT2D eigenvalue weighted by atomic mass is 32.1. The standard InChI is InChI=1S/C27H27N5O2S/c1-17-13-20(7-8-21(17)27(34)32-10-2-3-11-32)31-24-14-23(22(16-30-24)26(28)33)29-15-19-6-4-5-18-9-12-35-25(18)19/h4-9,12-14,16H,2-3,10-11,15H2,1H3,(H2,28,33)(H2,29,30,31). The molecular formula is C27H27N5O2S. The first-order valence-electron chi connectivity index (χ1n) is 11.7. The van der Waals surface area contributed by atoms with Crippen LogP contribution in [0.1, 0.15) is 44.7 Å². The van der Waals surface area contributed by atoms with E-state index >= 15 is 0 Å². The summed E-state index contributed by atoms with van der Waals surface area (Å²) >= 11 is 1.69. The number of benzene rings is 2. The third-order valence-electron chi connectivity index (χ3n) is 6.32. The van der Waals surface area contributed by atoms with Crippen molar-refractivity contribution in [2.24, 2.45) is 5.73 Å². The summed E-state index contributed by atoms with van der Waals surface area (Å²) in [7, 11) is 0. The van der Waals surface area contributed by atoms with E-state index < -0.39 is 5.91 Å². The lowest BCUT2D eigenvalue weighted by atomic mass is 10.1. The number of primary amides is 1. The fourth-order valence-corrected chi connectivity index (χ4v) is 5.39. The Hall–Kier alpha value is -3.91. The van der Waals surface area contributed by atoms with Crippen molar-refractivity contribution in [2.45, 2.75) is 26.3 Å². The number of amides is 2. The number of nitrogens with two attached hydrogens (primary N) is 1. The second-order valence-corrected chi connectivity index (χ2v) is 9.66. The van der Waals surface area contributed by atoms with E-state index in [1.807, 2.05) is 36.1 Å². The third-order valence-corrected chi connectivity index (χ3v) is 7.33. The molecule has 4 N–H and O–H groups in total. The summed E-state index contributed by atoms with van der Waals surface area (Å²) in [4.78, 5) is 31.1. The molecule has 0 unspecified atom stereocenters. The number of carbonyl (C=O) groups is 2. The van der Waals surface area contributed by atoms with E-state index in [9.17, 15) is 9.59 Å². The van der Waals surface area contributed by atoms with E-state index in [0.29, 0.717) is 23.6 Å². The number of pyridine rings is 1. The second-order valence-electron chi connectivity index (χ2n) is 8.74.